The van der Waals surface area contributed by atoms with Gasteiger partial charge in [-0.2, -0.15) is 0 Å². The van der Waals surface area contributed by atoms with Crippen molar-refractivity contribution >= 4 is 16.9 Å². The standard InChI is InChI=1S/C19H25N7O/c20-13-7-9-14(10-8-13)26-12-17(24-25-26)19(27)21-11-3-6-18-22-15-4-1-2-5-16(15)23-18/h1-2,4-5,12-14H,3,6-11,20H2,(H,21,27)(H,22,23). The van der Waals surface area contributed by atoms with Gasteiger partial charge in [-0.25, -0.2) is 9.67 Å². The highest BCUT2D eigenvalue weighted by atomic mass is 16.2. The van der Waals surface area contributed by atoms with Crippen molar-refractivity contribution in [2.24, 2.45) is 5.73 Å². The zero-order valence-electron chi connectivity index (χ0n) is 15.3. The van der Waals surface area contributed by atoms with Crippen LogP contribution in [-0.2, 0) is 6.42 Å². The number of carbonyl (C=O) groups is 1. The maximum atomic E-state index is 12.3. The number of aromatic amines is 1. The summed E-state index contributed by atoms with van der Waals surface area (Å²) >= 11 is 0. The van der Waals surface area contributed by atoms with E-state index < -0.39 is 0 Å². The van der Waals surface area contributed by atoms with Crippen molar-refractivity contribution < 1.29 is 4.79 Å². The van der Waals surface area contributed by atoms with Crippen molar-refractivity contribution in [1.82, 2.24) is 30.3 Å². The molecule has 27 heavy (non-hydrogen) atoms. The van der Waals surface area contributed by atoms with Crippen LogP contribution in [-0.4, -0.2) is 43.5 Å². The molecule has 0 atom stereocenters. The average molecular weight is 367 g/mol. The molecular weight excluding hydrogens is 342 g/mol. The molecule has 1 fully saturated rings. The van der Waals surface area contributed by atoms with Crippen LogP contribution in [0.15, 0.2) is 30.5 Å². The molecule has 0 aliphatic heterocycles. The molecule has 0 bridgehead atoms. The summed E-state index contributed by atoms with van der Waals surface area (Å²) in [5.41, 5.74) is 8.32. The largest absolute Gasteiger partial charge is 0.351 e. The fourth-order valence-electron chi connectivity index (χ4n) is 3.60. The molecule has 1 aromatic carbocycles. The van der Waals surface area contributed by atoms with Crippen LogP contribution >= 0.6 is 0 Å². The minimum atomic E-state index is -0.182. The van der Waals surface area contributed by atoms with E-state index >= 15 is 0 Å². The number of benzene rings is 1. The second kappa shape index (κ2) is 7.87. The molecule has 0 unspecified atom stereocenters. The molecule has 0 radical (unpaired) electrons. The van der Waals surface area contributed by atoms with E-state index in [-0.39, 0.29) is 5.91 Å². The number of aryl methyl sites for hydroxylation is 1. The number of H-pyrrole nitrogens is 1. The number of carbonyl (C=O) groups excluding carboxylic acids is 1. The number of nitrogens with one attached hydrogen (secondary N) is 2. The Morgan fingerprint density at radius 1 is 1.26 bits per heavy atom. The van der Waals surface area contributed by atoms with Crippen LogP contribution in [0, 0.1) is 0 Å². The molecule has 4 rings (SSSR count). The molecule has 2 heterocycles. The van der Waals surface area contributed by atoms with Gasteiger partial charge in [0.05, 0.1) is 23.3 Å². The molecule has 1 aliphatic rings. The third-order valence-corrected chi connectivity index (χ3v) is 5.17. The zero-order valence-corrected chi connectivity index (χ0v) is 15.3. The van der Waals surface area contributed by atoms with Crippen LogP contribution in [0.3, 0.4) is 0 Å². The summed E-state index contributed by atoms with van der Waals surface area (Å²) in [6.07, 6.45) is 7.30. The van der Waals surface area contributed by atoms with Gasteiger partial charge in [0.15, 0.2) is 5.69 Å². The molecule has 0 saturated heterocycles. The van der Waals surface area contributed by atoms with E-state index in [0.717, 1.165) is 55.4 Å². The quantitative estimate of drug-likeness (QED) is 0.576. The van der Waals surface area contributed by atoms with Gasteiger partial charge < -0.3 is 16.0 Å². The fraction of sp³-hybridized carbons (Fsp3) is 0.474. The predicted octanol–water partition coefficient (Wildman–Crippen LogP) is 1.96. The molecule has 1 amide bonds. The summed E-state index contributed by atoms with van der Waals surface area (Å²) in [5, 5.41) is 11.1. The van der Waals surface area contributed by atoms with E-state index in [4.69, 9.17) is 5.73 Å². The van der Waals surface area contributed by atoms with E-state index in [0.29, 0.717) is 24.3 Å². The van der Waals surface area contributed by atoms with Crippen LogP contribution in [0.1, 0.15) is 54.5 Å². The van der Waals surface area contributed by atoms with Crippen LogP contribution < -0.4 is 11.1 Å². The Morgan fingerprint density at radius 3 is 2.89 bits per heavy atom. The number of nitrogens with zero attached hydrogens (tertiary/aromatic N) is 4. The van der Waals surface area contributed by atoms with Gasteiger partial charge in [-0.3, -0.25) is 4.79 Å². The van der Waals surface area contributed by atoms with E-state index in [1.165, 1.54) is 0 Å². The Morgan fingerprint density at radius 2 is 2.07 bits per heavy atom. The van der Waals surface area contributed by atoms with Crippen molar-refractivity contribution in [1.29, 1.82) is 0 Å². The van der Waals surface area contributed by atoms with E-state index in [1.807, 2.05) is 28.9 Å². The van der Waals surface area contributed by atoms with Crippen molar-refractivity contribution in [3.05, 3.63) is 42.0 Å². The van der Waals surface area contributed by atoms with Gasteiger partial charge in [-0.05, 0) is 44.2 Å². The molecular formula is C19H25N7O. The molecule has 142 valence electrons. The Hall–Kier alpha value is -2.74. The minimum Gasteiger partial charge on any atom is -0.351 e. The molecule has 0 spiro atoms. The van der Waals surface area contributed by atoms with Crippen LogP contribution in [0.5, 0.6) is 0 Å². The second-order valence-electron chi connectivity index (χ2n) is 7.21. The molecule has 2 aromatic heterocycles. The lowest BCUT2D eigenvalue weighted by molar-refractivity contribution is 0.0948. The summed E-state index contributed by atoms with van der Waals surface area (Å²) in [4.78, 5) is 20.1. The van der Waals surface area contributed by atoms with Crippen LogP contribution in [0.2, 0.25) is 0 Å². The first-order valence-corrected chi connectivity index (χ1v) is 9.58. The number of hydrogen-bond donors (Lipinski definition) is 3. The lowest BCUT2D eigenvalue weighted by atomic mass is 9.92. The highest BCUT2D eigenvalue weighted by Gasteiger charge is 2.22. The first-order chi connectivity index (χ1) is 13.2. The minimum absolute atomic E-state index is 0.182. The van der Waals surface area contributed by atoms with Gasteiger partial charge in [-0.15, -0.1) is 5.10 Å². The maximum Gasteiger partial charge on any atom is 0.273 e. The number of amides is 1. The lowest BCUT2D eigenvalue weighted by Gasteiger charge is -2.25. The first kappa shape index (κ1) is 17.7. The zero-order chi connectivity index (χ0) is 18.6. The Labute approximate surface area is 157 Å². The molecule has 8 heteroatoms. The molecule has 8 nitrogen and oxygen atoms in total. The van der Waals surface area contributed by atoms with Gasteiger partial charge in [0.25, 0.3) is 5.91 Å². The molecule has 1 saturated carbocycles. The van der Waals surface area contributed by atoms with Gasteiger partial charge in [0.1, 0.15) is 5.82 Å². The van der Waals surface area contributed by atoms with E-state index in [9.17, 15) is 4.79 Å². The lowest BCUT2D eigenvalue weighted by Crippen LogP contribution is -2.28. The summed E-state index contributed by atoms with van der Waals surface area (Å²) in [6.45, 7) is 0.570. The van der Waals surface area contributed by atoms with Crippen LogP contribution in [0.4, 0.5) is 0 Å². The van der Waals surface area contributed by atoms with Crippen LogP contribution in [0.25, 0.3) is 11.0 Å². The molecule has 3 aromatic rings. The number of imidazole rings is 1. The summed E-state index contributed by atoms with van der Waals surface area (Å²) in [5.74, 6) is 0.755. The maximum absolute atomic E-state index is 12.3. The van der Waals surface area contributed by atoms with Crippen molar-refractivity contribution in [2.45, 2.75) is 50.6 Å². The number of rotatable bonds is 6. The first-order valence-electron chi connectivity index (χ1n) is 9.58. The number of nitrogens with two attached hydrogens (primary N) is 1. The van der Waals surface area contributed by atoms with Gasteiger partial charge in [-0.1, -0.05) is 17.3 Å². The van der Waals surface area contributed by atoms with Crippen molar-refractivity contribution in [2.75, 3.05) is 6.54 Å². The van der Waals surface area contributed by atoms with E-state index in [2.05, 4.69) is 25.6 Å². The van der Waals surface area contributed by atoms with Gasteiger partial charge >= 0.3 is 0 Å². The van der Waals surface area contributed by atoms with Crippen molar-refractivity contribution in [3.63, 3.8) is 0 Å². The number of para-hydroxylation sites is 2. The van der Waals surface area contributed by atoms with Gasteiger partial charge in [0, 0.05) is 19.0 Å². The smallest absolute Gasteiger partial charge is 0.273 e. The second-order valence-corrected chi connectivity index (χ2v) is 7.21. The Balaban J connectivity index is 1.24. The SMILES string of the molecule is NC1CCC(n2cc(C(=O)NCCCc3nc4ccccc4[nH]3)nn2)CC1. The predicted molar refractivity (Wildman–Crippen MR) is 102 cm³/mol. The number of fused-ring (bicyclic) bond motifs is 1. The van der Waals surface area contributed by atoms with E-state index in [1.54, 1.807) is 6.20 Å². The number of aromatic nitrogens is 5. The average Bonchev–Trinajstić information content (AvgIpc) is 3.32. The van der Waals surface area contributed by atoms with Crippen molar-refractivity contribution in [3.8, 4) is 0 Å². The summed E-state index contributed by atoms with van der Waals surface area (Å²) in [6, 6.07) is 8.55. The third kappa shape index (κ3) is 4.16. The molecule has 1 aliphatic carbocycles. The van der Waals surface area contributed by atoms with Gasteiger partial charge in [0.2, 0.25) is 0 Å². The number of hydrogen-bond acceptors (Lipinski definition) is 5. The topological polar surface area (TPSA) is 115 Å². The highest BCUT2D eigenvalue weighted by Crippen LogP contribution is 2.26. The molecule has 4 N–H and O–H groups in total. The fourth-order valence-corrected chi connectivity index (χ4v) is 3.60. The normalized spacial score (nSPS) is 20.0. The monoisotopic (exact) mass is 367 g/mol. The highest BCUT2D eigenvalue weighted by molar-refractivity contribution is 5.91. The Kier molecular flexibility index (Phi) is 5.15. The summed E-state index contributed by atoms with van der Waals surface area (Å²) in [7, 11) is 0. The third-order valence-electron chi connectivity index (χ3n) is 5.17. The summed E-state index contributed by atoms with van der Waals surface area (Å²) < 4.78 is 1.81. The Bertz CT molecular complexity index is 875.